The molecule has 0 saturated heterocycles. The molecule has 2 atom stereocenters. The van der Waals surface area contributed by atoms with Crippen LogP contribution in [0.3, 0.4) is 0 Å². The van der Waals surface area contributed by atoms with Crippen LogP contribution in [0.15, 0.2) is 30.3 Å². The van der Waals surface area contributed by atoms with Crippen LogP contribution in [0.4, 0.5) is 27.6 Å². The minimum Gasteiger partial charge on any atom is -0.481 e. The van der Waals surface area contributed by atoms with Crippen molar-refractivity contribution in [2.75, 3.05) is 11.9 Å². The summed E-state index contributed by atoms with van der Waals surface area (Å²) in [6.07, 6.45) is -1.77. The summed E-state index contributed by atoms with van der Waals surface area (Å²) in [5, 5.41) is 13.3. The highest BCUT2D eigenvalue weighted by Gasteiger charge is 2.28. The van der Waals surface area contributed by atoms with Crippen molar-refractivity contribution in [2.45, 2.75) is 32.2 Å². The summed E-state index contributed by atoms with van der Waals surface area (Å²) in [5.41, 5.74) is 0.118. The lowest BCUT2D eigenvalue weighted by atomic mass is 10.0. The zero-order valence-corrected chi connectivity index (χ0v) is 19.7. The molecule has 9 nitrogen and oxygen atoms in total. The van der Waals surface area contributed by atoms with Crippen molar-refractivity contribution in [1.29, 1.82) is 0 Å². The number of hydrogen-bond donors (Lipinski definition) is 3. The Morgan fingerprint density at radius 3 is 2.08 bits per heavy atom. The summed E-state index contributed by atoms with van der Waals surface area (Å²) >= 11 is 0. The van der Waals surface area contributed by atoms with Gasteiger partial charge in [0.25, 0.3) is 5.91 Å². The quantitative estimate of drug-likeness (QED) is 0.200. The van der Waals surface area contributed by atoms with E-state index in [0.29, 0.717) is 0 Å². The van der Waals surface area contributed by atoms with Gasteiger partial charge in [0.15, 0.2) is 23.2 Å². The summed E-state index contributed by atoms with van der Waals surface area (Å²) in [6.45, 7) is 0.0304. The first-order chi connectivity index (χ1) is 17.8. The number of carboxylic acid groups (broad SMARTS) is 1. The molecule has 204 valence electrons. The molecule has 0 radical (unpaired) electrons. The maximum Gasteiger partial charge on any atom is 0.303 e. The van der Waals surface area contributed by atoms with Gasteiger partial charge in [-0.1, -0.05) is 6.92 Å². The second kappa shape index (κ2) is 13.3. The van der Waals surface area contributed by atoms with Gasteiger partial charge in [0.05, 0.1) is 6.04 Å². The van der Waals surface area contributed by atoms with Gasteiger partial charge in [-0.25, -0.2) is 13.2 Å². The number of carboxylic acids is 1. The minimum atomic E-state index is -1.91. The number of rotatable bonds is 13. The Morgan fingerprint density at radius 2 is 1.53 bits per heavy atom. The second-order valence-corrected chi connectivity index (χ2v) is 8.04. The van der Waals surface area contributed by atoms with Crippen LogP contribution in [-0.2, 0) is 24.0 Å². The monoisotopic (exact) mass is 544 g/mol. The smallest absolute Gasteiger partial charge is 0.303 e. The highest BCUT2D eigenvalue weighted by atomic mass is 19.2. The normalized spacial score (nSPS) is 12.3. The number of benzene rings is 2. The molecule has 3 N–H and O–H groups in total. The lowest BCUT2D eigenvalue weighted by Gasteiger charge is -2.20. The highest BCUT2D eigenvalue weighted by molar-refractivity contribution is 6.40. The van der Waals surface area contributed by atoms with Gasteiger partial charge in [0.2, 0.25) is 23.3 Å². The van der Waals surface area contributed by atoms with Crippen molar-refractivity contribution in [3.05, 3.63) is 59.4 Å². The number of Topliss-reactive ketones (excluding diaryl/α,β-unsaturated/α-hetero) is 2. The zero-order chi connectivity index (χ0) is 28.6. The number of ketones is 2. The summed E-state index contributed by atoms with van der Waals surface area (Å²) in [4.78, 5) is 60.2. The largest absolute Gasteiger partial charge is 0.481 e. The fraction of sp³-hybridized carbons (Fsp3) is 0.292. The third-order valence-corrected chi connectivity index (χ3v) is 5.08. The van der Waals surface area contributed by atoms with Crippen molar-refractivity contribution in [3.8, 4) is 5.75 Å². The average molecular weight is 544 g/mol. The van der Waals surface area contributed by atoms with Gasteiger partial charge in [-0.05, 0) is 30.7 Å². The summed E-state index contributed by atoms with van der Waals surface area (Å²) < 4.78 is 71.7. The molecule has 2 aromatic carbocycles. The third kappa shape index (κ3) is 8.35. The van der Waals surface area contributed by atoms with Crippen LogP contribution in [0.2, 0.25) is 0 Å². The molecule has 0 heterocycles. The Morgan fingerprint density at radius 1 is 0.947 bits per heavy atom. The van der Waals surface area contributed by atoms with E-state index in [9.17, 15) is 45.9 Å². The molecule has 0 unspecified atom stereocenters. The maximum absolute atomic E-state index is 13.8. The Balaban J connectivity index is 2.03. The van der Waals surface area contributed by atoms with Crippen molar-refractivity contribution < 1.29 is 55.8 Å². The summed E-state index contributed by atoms with van der Waals surface area (Å²) in [6, 6.07) is 2.83. The topological polar surface area (TPSA) is 139 Å². The molecule has 0 aromatic heterocycles. The SMILES string of the molecule is C[C@H](CC(=O)C(=O)Nc1ccc(F)cc1)C(=O)N[C@@H](CCC(=O)O)C(=O)COc1c(F)c(F)cc(F)c1F. The van der Waals surface area contributed by atoms with Crippen molar-refractivity contribution in [2.24, 2.45) is 5.92 Å². The van der Waals surface area contributed by atoms with Gasteiger partial charge in [0, 0.05) is 30.5 Å². The fourth-order valence-electron chi connectivity index (χ4n) is 3.01. The van der Waals surface area contributed by atoms with E-state index in [1.54, 1.807) is 0 Å². The number of anilines is 1. The van der Waals surface area contributed by atoms with Gasteiger partial charge in [-0.2, -0.15) is 8.78 Å². The molecule has 2 rings (SSSR count). The Hall–Kier alpha value is -4.36. The predicted molar refractivity (Wildman–Crippen MR) is 119 cm³/mol. The van der Waals surface area contributed by atoms with E-state index in [1.807, 2.05) is 0 Å². The van der Waals surface area contributed by atoms with Crippen LogP contribution in [0, 0.1) is 35.0 Å². The van der Waals surface area contributed by atoms with Crippen LogP contribution in [0.5, 0.6) is 5.75 Å². The molecule has 0 aliphatic rings. The zero-order valence-electron chi connectivity index (χ0n) is 19.7. The van der Waals surface area contributed by atoms with Crippen molar-refractivity contribution in [1.82, 2.24) is 5.32 Å². The highest BCUT2D eigenvalue weighted by Crippen LogP contribution is 2.26. The van der Waals surface area contributed by atoms with E-state index in [1.165, 1.54) is 19.1 Å². The molecular formula is C24H21F5N2O7. The molecule has 2 aromatic rings. The number of ether oxygens (including phenoxy) is 1. The number of nitrogens with one attached hydrogen (secondary N) is 2. The molecule has 14 heteroatoms. The van der Waals surface area contributed by atoms with E-state index in [2.05, 4.69) is 15.4 Å². The third-order valence-electron chi connectivity index (χ3n) is 5.08. The first kappa shape index (κ1) is 29.9. The van der Waals surface area contributed by atoms with E-state index < -0.39 is 102 Å². The van der Waals surface area contributed by atoms with Gasteiger partial charge in [0.1, 0.15) is 12.4 Å². The Bertz CT molecular complexity index is 1210. The molecule has 0 bridgehead atoms. The fourth-order valence-corrected chi connectivity index (χ4v) is 3.01. The van der Waals surface area contributed by atoms with Gasteiger partial charge >= 0.3 is 5.97 Å². The van der Waals surface area contributed by atoms with Crippen LogP contribution in [0.1, 0.15) is 26.2 Å². The number of hydrogen-bond acceptors (Lipinski definition) is 6. The number of amides is 2. The number of aliphatic carboxylic acids is 1. The second-order valence-electron chi connectivity index (χ2n) is 8.04. The molecule has 0 aliphatic carbocycles. The van der Waals surface area contributed by atoms with E-state index >= 15 is 0 Å². The maximum atomic E-state index is 13.8. The van der Waals surface area contributed by atoms with Gasteiger partial charge in [-0.3, -0.25) is 24.0 Å². The molecule has 0 saturated carbocycles. The van der Waals surface area contributed by atoms with E-state index in [0.717, 1.165) is 12.1 Å². The average Bonchev–Trinajstić information content (AvgIpc) is 2.86. The molecule has 0 aliphatic heterocycles. The predicted octanol–water partition coefficient (Wildman–Crippen LogP) is 2.91. The van der Waals surface area contributed by atoms with Gasteiger partial charge in [-0.15, -0.1) is 0 Å². The first-order valence-corrected chi connectivity index (χ1v) is 10.9. The van der Waals surface area contributed by atoms with Crippen molar-refractivity contribution in [3.63, 3.8) is 0 Å². The van der Waals surface area contributed by atoms with Crippen LogP contribution in [-0.4, -0.2) is 47.1 Å². The van der Waals surface area contributed by atoms with Crippen LogP contribution in [0.25, 0.3) is 0 Å². The van der Waals surface area contributed by atoms with E-state index in [4.69, 9.17) is 5.11 Å². The standard InChI is InChI=1S/C24H21F5N2O7/c1-11(8-17(32)24(37)30-13-4-2-12(25)3-5-13)23(36)31-16(6-7-19(34)35)18(33)10-38-22-20(28)14(26)9-15(27)21(22)29/h2-5,9,11,16H,6-8,10H2,1H3,(H,30,37)(H,31,36)(H,34,35)/t11-,16+/m1/s1. The Labute approximate surface area is 212 Å². The molecular weight excluding hydrogens is 523 g/mol. The lowest BCUT2D eigenvalue weighted by Crippen LogP contribution is -2.45. The Kier molecular flexibility index (Phi) is 10.4. The number of carbonyl (C=O) groups is 5. The van der Waals surface area contributed by atoms with Crippen molar-refractivity contribution >= 4 is 35.0 Å². The van der Waals surface area contributed by atoms with Gasteiger partial charge < -0.3 is 20.5 Å². The van der Waals surface area contributed by atoms with Crippen LogP contribution >= 0.6 is 0 Å². The van der Waals surface area contributed by atoms with Crippen LogP contribution < -0.4 is 15.4 Å². The van der Waals surface area contributed by atoms with E-state index in [-0.39, 0.29) is 11.8 Å². The minimum absolute atomic E-state index is 0.0716. The number of carbonyl (C=O) groups excluding carboxylic acids is 4. The summed E-state index contributed by atoms with van der Waals surface area (Å²) in [5.74, 6) is -16.2. The molecule has 0 spiro atoms. The number of halogens is 5. The molecule has 38 heavy (non-hydrogen) atoms. The summed E-state index contributed by atoms with van der Waals surface area (Å²) in [7, 11) is 0. The molecule has 0 fully saturated rings. The first-order valence-electron chi connectivity index (χ1n) is 10.9. The molecule has 2 amide bonds. The lowest BCUT2D eigenvalue weighted by molar-refractivity contribution is -0.139.